The Kier molecular flexibility index (Phi) is 3.55. The summed E-state index contributed by atoms with van der Waals surface area (Å²) in [7, 11) is 0. The largest absolute Gasteiger partial charge is 0.369 e. The first kappa shape index (κ1) is 13.2. The van der Waals surface area contributed by atoms with Crippen LogP contribution in [-0.4, -0.2) is 23.5 Å². The minimum atomic E-state index is -0.783. The first-order valence-electron chi connectivity index (χ1n) is 5.26. The van der Waals surface area contributed by atoms with Gasteiger partial charge in [-0.25, -0.2) is 0 Å². The Morgan fingerprint density at radius 1 is 1.41 bits per heavy atom. The predicted molar refractivity (Wildman–Crippen MR) is 61.3 cm³/mol. The van der Waals surface area contributed by atoms with E-state index in [1.165, 1.54) is 0 Å². The van der Waals surface area contributed by atoms with Gasteiger partial charge in [0.1, 0.15) is 11.3 Å². The Hall–Kier alpha value is -1.85. The van der Waals surface area contributed by atoms with Gasteiger partial charge in [0.2, 0.25) is 5.91 Å². The van der Waals surface area contributed by atoms with Crippen molar-refractivity contribution in [3.05, 3.63) is 17.0 Å². The van der Waals surface area contributed by atoms with Crippen molar-refractivity contribution in [2.45, 2.75) is 27.7 Å². The lowest BCUT2D eigenvalue weighted by atomic mass is 9.92. The molecule has 1 aromatic heterocycles. The smallest absolute Gasteiger partial charge is 0.256 e. The highest BCUT2D eigenvalue weighted by Crippen LogP contribution is 2.15. The van der Waals surface area contributed by atoms with Gasteiger partial charge in [-0.2, -0.15) is 0 Å². The molecular formula is C11H17N3O3. The van der Waals surface area contributed by atoms with E-state index >= 15 is 0 Å². The van der Waals surface area contributed by atoms with Crippen molar-refractivity contribution < 1.29 is 14.1 Å². The number of hydrogen-bond donors (Lipinski definition) is 2. The number of aryl methyl sites for hydroxylation is 2. The van der Waals surface area contributed by atoms with E-state index < -0.39 is 11.3 Å². The van der Waals surface area contributed by atoms with Crippen LogP contribution in [0.15, 0.2) is 4.52 Å². The summed E-state index contributed by atoms with van der Waals surface area (Å²) in [4.78, 5) is 22.9. The molecule has 94 valence electrons. The maximum Gasteiger partial charge on any atom is 0.256 e. The molecule has 0 bridgehead atoms. The van der Waals surface area contributed by atoms with Crippen LogP contribution >= 0.6 is 0 Å². The number of carbonyl (C=O) groups excluding carboxylic acids is 2. The summed E-state index contributed by atoms with van der Waals surface area (Å²) in [5, 5.41) is 6.34. The fourth-order valence-electron chi connectivity index (χ4n) is 1.28. The minimum absolute atomic E-state index is 0.172. The molecular weight excluding hydrogens is 222 g/mol. The van der Waals surface area contributed by atoms with Gasteiger partial charge in [0, 0.05) is 6.54 Å². The summed E-state index contributed by atoms with van der Waals surface area (Å²) < 4.78 is 4.89. The lowest BCUT2D eigenvalue weighted by Gasteiger charge is -2.20. The van der Waals surface area contributed by atoms with Gasteiger partial charge in [0.05, 0.1) is 11.1 Å². The number of nitrogens with two attached hydrogens (primary N) is 1. The quantitative estimate of drug-likeness (QED) is 0.800. The number of primary amides is 1. The van der Waals surface area contributed by atoms with Gasteiger partial charge in [-0.15, -0.1) is 0 Å². The van der Waals surface area contributed by atoms with Crippen LogP contribution in [0.4, 0.5) is 0 Å². The summed E-state index contributed by atoms with van der Waals surface area (Å²) in [6.45, 7) is 6.86. The maximum atomic E-state index is 11.9. The maximum absolute atomic E-state index is 11.9. The summed E-state index contributed by atoms with van der Waals surface area (Å²) >= 11 is 0. The zero-order chi connectivity index (χ0) is 13.2. The highest BCUT2D eigenvalue weighted by Gasteiger charge is 2.27. The molecule has 0 atom stereocenters. The number of nitrogens with one attached hydrogen (secondary N) is 1. The molecule has 0 unspecified atom stereocenters. The molecule has 0 aliphatic heterocycles. The SMILES string of the molecule is Cc1noc(C)c1C(=O)NCC(C)(C)C(N)=O. The van der Waals surface area contributed by atoms with Crippen LogP contribution in [0.2, 0.25) is 0 Å². The molecule has 2 amide bonds. The topological polar surface area (TPSA) is 98.2 Å². The molecule has 0 saturated carbocycles. The third kappa shape index (κ3) is 2.83. The van der Waals surface area contributed by atoms with Gasteiger partial charge >= 0.3 is 0 Å². The summed E-state index contributed by atoms with van der Waals surface area (Å²) in [5.41, 5.74) is 5.36. The molecule has 0 aliphatic rings. The second-order valence-electron chi connectivity index (χ2n) is 4.63. The van der Waals surface area contributed by atoms with Crippen LogP contribution < -0.4 is 11.1 Å². The van der Waals surface area contributed by atoms with E-state index in [2.05, 4.69) is 10.5 Å². The number of aromatic nitrogens is 1. The van der Waals surface area contributed by atoms with Gasteiger partial charge in [-0.3, -0.25) is 9.59 Å². The van der Waals surface area contributed by atoms with Crippen LogP contribution in [0.1, 0.15) is 35.7 Å². The van der Waals surface area contributed by atoms with E-state index in [-0.39, 0.29) is 12.5 Å². The molecule has 0 saturated heterocycles. The number of hydrogen-bond acceptors (Lipinski definition) is 4. The average Bonchev–Trinajstić information content (AvgIpc) is 2.55. The van der Waals surface area contributed by atoms with Gasteiger partial charge in [-0.05, 0) is 27.7 Å². The minimum Gasteiger partial charge on any atom is -0.369 e. The van der Waals surface area contributed by atoms with Crippen LogP contribution in [0.3, 0.4) is 0 Å². The lowest BCUT2D eigenvalue weighted by molar-refractivity contribution is -0.125. The second kappa shape index (κ2) is 4.57. The third-order valence-corrected chi connectivity index (χ3v) is 2.62. The first-order valence-corrected chi connectivity index (χ1v) is 5.26. The number of amides is 2. The summed E-state index contributed by atoms with van der Waals surface area (Å²) in [6, 6.07) is 0. The van der Waals surface area contributed by atoms with Crippen LogP contribution in [-0.2, 0) is 4.79 Å². The molecule has 0 spiro atoms. The third-order valence-electron chi connectivity index (χ3n) is 2.62. The average molecular weight is 239 g/mol. The van der Waals surface area contributed by atoms with E-state index in [0.29, 0.717) is 17.0 Å². The highest BCUT2D eigenvalue weighted by atomic mass is 16.5. The molecule has 1 aromatic rings. The van der Waals surface area contributed by atoms with E-state index in [4.69, 9.17) is 10.3 Å². The van der Waals surface area contributed by atoms with Crippen molar-refractivity contribution in [1.82, 2.24) is 10.5 Å². The zero-order valence-corrected chi connectivity index (χ0v) is 10.5. The molecule has 0 aliphatic carbocycles. The van der Waals surface area contributed by atoms with Crippen LogP contribution in [0.5, 0.6) is 0 Å². The van der Waals surface area contributed by atoms with Crippen molar-refractivity contribution >= 4 is 11.8 Å². The molecule has 1 heterocycles. The van der Waals surface area contributed by atoms with Crippen LogP contribution in [0.25, 0.3) is 0 Å². The number of nitrogens with zero attached hydrogens (tertiary/aromatic N) is 1. The fourth-order valence-corrected chi connectivity index (χ4v) is 1.28. The molecule has 0 fully saturated rings. The van der Waals surface area contributed by atoms with Gasteiger partial charge < -0.3 is 15.6 Å². The van der Waals surface area contributed by atoms with Crippen molar-refractivity contribution in [2.75, 3.05) is 6.54 Å². The number of carbonyl (C=O) groups is 2. The van der Waals surface area contributed by atoms with E-state index in [1.54, 1.807) is 27.7 Å². The van der Waals surface area contributed by atoms with Crippen molar-refractivity contribution in [2.24, 2.45) is 11.1 Å². The second-order valence-corrected chi connectivity index (χ2v) is 4.63. The van der Waals surface area contributed by atoms with E-state index in [9.17, 15) is 9.59 Å². The van der Waals surface area contributed by atoms with E-state index in [0.717, 1.165) is 0 Å². The van der Waals surface area contributed by atoms with Crippen molar-refractivity contribution in [1.29, 1.82) is 0 Å². The summed E-state index contributed by atoms with van der Waals surface area (Å²) in [6.07, 6.45) is 0. The van der Waals surface area contributed by atoms with Crippen LogP contribution in [0, 0.1) is 19.3 Å². The number of rotatable bonds is 4. The highest BCUT2D eigenvalue weighted by molar-refractivity contribution is 5.96. The normalized spacial score (nSPS) is 11.3. The van der Waals surface area contributed by atoms with Crippen molar-refractivity contribution in [3.8, 4) is 0 Å². The van der Waals surface area contributed by atoms with Gasteiger partial charge in [0.25, 0.3) is 5.91 Å². The lowest BCUT2D eigenvalue weighted by Crippen LogP contribution is -2.42. The Morgan fingerprint density at radius 2 is 2.00 bits per heavy atom. The van der Waals surface area contributed by atoms with E-state index in [1.807, 2.05) is 0 Å². The zero-order valence-electron chi connectivity index (χ0n) is 10.5. The van der Waals surface area contributed by atoms with Crippen molar-refractivity contribution in [3.63, 3.8) is 0 Å². The fraction of sp³-hybridized carbons (Fsp3) is 0.545. The molecule has 0 aromatic carbocycles. The molecule has 1 rings (SSSR count). The first-order chi connectivity index (χ1) is 7.75. The summed E-state index contributed by atoms with van der Waals surface area (Å²) in [5.74, 6) is -0.316. The van der Waals surface area contributed by atoms with Gasteiger partial charge in [0.15, 0.2) is 0 Å². The molecule has 6 nitrogen and oxygen atoms in total. The molecule has 3 N–H and O–H groups in total. The predicted octanol–water partition coefficient (Wildman–Crippen LogP) is 0.533. The Balaban J connectivity index is 2.72. The Morgan fingerprint density at radius 3 is 2.41 bits per heavy atom. The molecule has 6 heteroatoms. The van der Waals surface area contributed by atoms with Gasteiger partial charge in [-0.1, -0.05) is 5.16 Å². The standard InChI is InChI=1S/C11H17N3O3/c1-6-8(7(2)17-14-6)9(15)13-5-11(3,4)10(12)16/h5H2,1-4H3,(H2,12,16)(H,13,15). The molecule has 17 heavy (non-hydrogen) atoms. The Labute approximate surface area is 99.5 Å². The Bertz CT molecular complexity index is 429. The monoisotopic (exact) mass is 239 g/mol. The molecule has 0 radical (unpaired) electrons.